The van der Waals surface area contributed by atoms with Crippen LogP contribution in [0.15, 0.2) is 24.3 Å². The largest absolute Gasteiger partial charge is 0.435 e. The Hall–Kier alpha value is -1.76. The number of alkyl halides is 2. The topological polar surface area (TPSA) is 64.3 Å². The van der Waals surface area contributed by atoms with Gasteiger partial charge in [-0.2, -0.15) is 8.78 Å². The maximum Gasteiger partial charge on any atom is 0.387 e. The Morgan fingerprint density at radius 1 is 1.37 bits per heavy atom. The molecule has 104 valence electrons. The van der Waals surface area contributed by atoms with E-state index in [1.54, 1.807) is 0 Å². The van der Waals surface area contributed by atoms with Gasteiger partial charge in [-0.3, -0.25) is 4.79 Å². The molecule has 0 atom stereocenters. The van der Waals surface area contributed by atoms with E-state index in [4.69, 9.17) is 18.0 Å². The lowest BCUT2D eigenvalue weighted by Crippen LogP contribution is -2.25. The highest BCUT2D eigenvalue weighted by Gasteiger charge is 2.07. The quantitative estimate of drug-likeness (QED) is 0.595. The van der Waals surface area contributed by atoms with Gasteiger partial charge < -0.3 is 15.8 Å². The molecule has 0 radical (unpaired) electrons. The van der Waals surface area contributed by atoms with Crippen molar-refractivity contribution < 1.29 is 18.3 Å². The Labute approximate surface area is 114 Å². The number of amides is 1. The molecule has 19 heavy (non-hydrogen) atoms. The lowest BCUT2D eigenvalue weighted by Gasteiger charge is -2.07. The minimum Gasteiger partial charge on any atom is -0.435 e. The first-order valence-electron chi connectivity index (χ1n) is 5.60. The molecule has 0 aromatic heterocycles. The Balaban J connectivity index is 2.42. The van der Waals surface area contributed by atoms with E-state index in [1.807, 2.05) is 0 Å². The Bertz CT molecular complexity index is 438. The summed E-state index contributed by atoms with van der Waals surface area (Å²) in [5, 5.41) is 2.67. The second-order valence-electron chi connectivity index (χ2n) is 3.73. The molecular weight excluding hydrogens is 274 g/mol. The molecule has 0 aliphatic rings. The number of halogens is 2. The van der Waals surface area contributed by atoms with Gasteiger partial charge >= 0.3 is 6.61 Å². The van der Waals surface area contributed by atoms with E-state index in [1.165, 1.54) is 24.3 Å². The zero-order valence-electron chi connectivity index (χ0n) is 10.1. The molecule has 0 aliphatic carbocycles. The van der Waals surface area contributed by atoms with E-state index in [9.17, 15) is 13.6 Å². The Morgan fingerprint density at radius 2 is 2.00 bits per heavy atom. The van der Waals surface area contributed by atoms with Crippen molar-refractivity contribution in [3.05, 3.63) is 29.8 Å². The van der Waals surface area contributed by atoms with E-state index < -0.39 is 6.61 Å². The molecule has 4 nitrogen and oxygen atoms in total. The number of nitrogens with one attached hydrogen (secondary N) is 1. The van der Waals surface area contributed by atoms with Crippen LogP contribution in [0.25, 0.3) is 0 Å². The second kappa shape index (κ2) is 7.63. The summed E-state index contributed by atoms with van der Waals surface area (Å²) in [4.78, 5) is 12.1. The van der Waals surface area contributed by atoms with E-state index in [0.717, 1.165) is 0 Å². The van der Waals surface area contributed by atoms with Gasteiger partial charge in [0.05, 0.1) is 4.99 Å². The molecule has 0 saturated heterocycles. The standard InChI is InChI=1S/C12H14F2N2O2S/c13-12(14)18-9-5-3-8(4-6-9)11(17)16-7-1-2-10(15)19/h3-6,12H,1-2,7H2,(H2,15,19)(H,16,17). The van der Waals surface area contributed by atoms with Crippen molar-refractivity contribution in [1.29, 1.82) is 0 Å². The first-order valence-corrected chi connectivity index (χ1v) is 6.01. The first-order chi connectivity index (χ1) is 8.99. The van der Waals surface area contributed by atoms with Crippen LogP contribution in [0.3, 0.4) is 0 Å². The summed E-state index contributed by atoms with van der Waals surface area (Å²) in [7, 11) is 0. The van der Waals surface area contributed by atoms with Gasteiger partial charge in [-0.05, 0) is 37.1 Å². The molecule has 0 saturated carbocycles. The van der Waals surface area contributed by atoms with Crippen molar-refractivity contribution in [3.63, 3.8) is 0 Å². The molecule has 1 rings (SSSR count). The normalized spacial score (nSPS) is 10.3. The maximum absolute atomic E-state index is 11.9. The SMILES string of the molecule is NC(=S)CCCNC(=O)c1ccc(OC(F)F)cc1. The Morgan fingerprint density at radius 3 is 2.53 bits per heavy atom. The Kier molecular flexibility index (Phi) is 6.14. The van der Waals surface area contributed by atoms with Crippen molar-refractivity contribution in [2.75, 3.05) is 6.54 Å². The van der Waals surface area contributed by atoms with Gasteiger partial charge in [0.2, 0.25) is 0 Å². The molecule has 1 amide bonds. The lowest BCUT2D eigenvalue weighted by atomic mass is 10.2. The highest BCUT2D eigenvalue weighted by molar-refractivity contribution is 7.80. The lowest BCUT2D eigenvalue weighted by molar-refractivity contribution is -0.0498. The molecular formula is C12H14F2N2O2S. The fraction of sp³-hybridized carbons (Fsp3) is 0.333. The van der Waals surface area contributed by atoms with Crippen molar-refractivity contribution in [3.8, 4) is 5.75 Å². The summed E-state index contributed by atoms with van der Waals surface area (Å²) < 4.78 is 28.0. The van der Waals surface area contributed by atoms with Crippen LogP contribution in [0.5, 0.6) is 5.75 Å². The van der Waals surface area contributed by atoms with Crippen LogP contribution < -0.4 is 15.8 Å². The predicted octanol–water partition coefficient (Wildman–Crippen LogP) is 2.08. The highest BCUT2D eigenvalue weighted by atomic mass is 32.1. The summed E-state index contributed by atoms with van der Waals surface area (Å²) in [6.07, 6.45) is 1.23. The summed E-state index contributed by atoms with van der Waals surface area (Å²) in [5.41, 5.74) is 5.69. The van der Waals surface area contributed by atoms with Crippen LogP contribution in [-0.4, -0.2) is 24.1 Å². The molecule has 0 aliphatic heterocycles. The minimum atomic E-state index is -2.88. The molecule has 3 N–H and O–H groups in total. The van der Waals surface area contributed by atoms with Crippen molar-refractivity contribution in [1.82, 2.24) is 5.32 Å². The van der Waals surface area contributed by atoms with Crippen molar-refractivity contribution >= 4 is 23.1 Å². The van der Waals surface area contributed by atoms with Crippen molar-refractivity contribution in [2.45, 2.75) is 19.5 Å². The maximum atomic E-state index is 11.9. The van der Waals surface area contributed by atoms with Gasteiger partial charge in [0, 0.05) is 12.1 Å². The molecule has 7 heteroatoms. The molecule has 0 bridgehead atoms. The highest BCUT2D eigenvalue weighted by Crippen LogP contribution is 2.14. The fourth-order valence-corrected chi connectivity index (χ4v) is 1.50. The third-order valence-corrected chi connectivity index (χ3v) is 2.43. The smallest absolute Gasteiger partial charge is 0.387 e. The number of nitrogens with two attached hydrogens (primary N) is 1. The van der Waals surface area contributed by atoms with E-state index >= 15 is 0 Å². The summed E-state index contributed by atoms with van der Waals surface area (Å²) in [6.45, 7) is -2.43. The fourth-order valence-electron chi connectivity index (χ4n) is 1.35. The molecule has 0 heterocycles. The number of hydrogen-bond acceptors (Lipinski definition) is 3. The third-order valence-electron chi connectivity index (χ3n) is 2.23. The van der Waals surface area contributed by atoms with Crippen LogP contribution in [0.1, 0.15) is 23.2 Å². The van der Waals surface area contributed by atoms with Crippen LogP contribution >= 0.6 is 12.2 Å². The van der Waals surface area contributed by atoms with Crippen LogP contribution in [0.2, 0.25) is 0 Å². The number of rotatable bonds is 7. The molecule has 0 unspecified atom stereocenters. The number of carbonyl (C=O) groups excluding carboxylic acids is 1. The third kappa shape index (κ3) is 6.10. The van der Waals surface area contributed by atoms with E-state index in [2.05, 4.69) is 10.1 Å². The summed E-state index contributed by atoms with van der Waals surface area (Å²) >= 11 is 4.71. The first kappa shape index (κ1) is 15.3. The summed E-state index contributed by atoms with van der Waals surface area (Å²) in [6, 6.07) is 5.47. The monoisotopic (exact) mass is 288 g/mol. The average Bonchev–Trinajstić information content (AvgIpc) is 2.34. The number of carbonyl (C=O) groups is 1. The van der Waals surface area contributed by atoms with Gasteiger partial charge in [-0.25, -0.2) is 0 Å². The molecule has 0 fully saturated rings. The van der Waals surface area contributed by atoms with Gasteiger partial charge in [0.1, 0.15) is 5.75 Å². The average molecular weight is 288 g/mol. The van der Waals surface area contributed by atoms with E-state index in [0.29, 0.717) is 29.9 Å². The second-order valence-corrected chi connectivity index (χ2v) is 4.25. The number of benzene rings is 1. The van der Waals surface area contributed by atoms with Gasteiger partial charge in [-0.15, -0.1) is 0 Å². The van der Waals surface area contributed by atoms with Crippen LogP contribution in [0.4, 0.5) is 8.78 Å². The molecule has 1 aromatic carbocycles. The van der Waals surface area contributed by atoms with Crippen molar-refractivity contribution in [2.24, 2.45) is 5.73 Å². The summed E-state index contributed by atoms with van der Waals surface area (Å²) in [5.74, 6) is -0.272. The van der Waals surface area contributed by atoms with Crippen LogP contribution in [0, 0.1) is 0 Å². The van der Waals surface area contributed by atoms with Gasteiger partial charge in [0.15, 0.2) is 0 Å². The minimum absolute atomic E-state index is 0.0139. The molecule has 1 aromatic rings. The number of thiocarbonyl (C=S) groups is 1. The number of hydrogen-bond donors (Lipinski definition) is 2. The zero-order valence-corrected chi connectivity index (χ0v) is 10.9. The zero-order chi connectivity index (χ0) is 14.3. The van der Waals surface area contributed by atoms with E-state index in [-0.39, 0.29) is 11.7 Å². The van der Waals surface area contributed by atoms with Crippen LogP contribution in [-0.2, 0) is 0 Å². The van der Waals surface area contributed by atoms with Gasteiger partial charge in [-0.1, -0.05) is 12.2 Å². The molecule has 0 spiro atoms. The van der Waals surface area contributed by atoms with Gasteiger partial charge in [0.25, 0.3) is 5.91 Å². The number of ether oxygens (including phenoxy) is 1. The predicted molar refractivity (Wildman–Crippen MR) is 71.4 cm³/mol.